The van der Waals surface area contributed by atoms with E-state index >= 15 is 0 Å². The SMILES string of the molecule is C=C(c1ccccc1)N1CC1C#N. The summed E-state index contributed by atoms with van der Waals surface area (Å²) in [4.78, 5) is 2.00. The Morgan fingerprint density at radius 1 is 1.46 bits per heavy atom. The molecule has 0 spiro atoms. The smallest absolute Gasteiger partial charge is 0.134 e. The van der Waals surface area contributed by atoms with Gasteiger partial charge in [-0.15, -0.1) is 0 Å². The molecule has 1 atom stereocenters. The summed E-state index contributed by atoms with van der Waals surface area (Å²) < 4.78 is 0. The Balaban J connectivity index is 2.13. The average Bonchev–Trinajstić information content (AvgIpc) is 2.97. The molecular formula is C11H10N2. The van der Waals surface area contributed by atoms with Crippen molar-refractivity contribution in [2.24, 2.45) is 0 Å². The van der Waals surface area contributed by atoms with Crippen LogP contribution < -0.4 is 0 Å². The fourth-order valence-corrected chi connectivity index (χ4v) is 1.34. The Labute approximate surface area is 77.7 Å². The van der Waals surface area contributed by atoms with Crippen LogP contribution in [0, 0.1) is 11.3 Å². The van der Waals surface area contributed by atoms with Gasteiger partial charge in [0.05, 0.1) is 12.6 Å². The van der Waals surface area contributed by atoms with Crippen molar-refractivity contribution in [3.63, 3.8) is 0 Å². The summed E-state index contributed by atoms with van der Waals surface area (Å²) in [5, 5.41) is 8.64. The second-order valence-corrected chi connectivity index (χ2v) is 3.11. The predicted molar refractivity (Wildman–Crippen MR) is 51.6 cm³/mol. The van der Waals surface area contributed by atoms with Gasteiger partial charge in [-0.3, -0.25) is 0 Å². The molecule has 1 aliphatic rings. The van der Waals surface area contributed by atoms with Crippen molar-refractivity contribution < 1.29 is 0 Å². The third-order valence-electron chi connectivity index (χ3n) is 2.22. The molecule has 0 N–H and O–H groups in total. The van der Waals surface area contributed by atoms with Crippen molar-refractivity contribution in [3.8, 4) is 6.07 Å². The molecule has 1 saturated heterocycles. The Kier molecular flexibility index (Phi) is 1.79. The Morgan fingerprint density at radius 2 is 2.15 bits per heavy atom. The first kappa shape index (κ1) is 7.88. The van der Waals surface area contributed by atoms with Crippen molar-refractivity contribution in [1.29, 1.82) is 5.26 Å². The lowest BCUT2D eigenvalue weighted by Gasteiger charge is -2.06. The summed E-state index contributed by atoms with van der Waals surface area (Å²) in [5.74, 6) is 0. The van der Waals surface area contributed by atoms with Crippen molar-refractivity contribution >= 4 is 5.70 Å². The standard InChI is InChI=1S/C11H10N2/c1-9(13-8-11(13)7-12)10-5-3-2-4-6-10/h2-6,11H,1,8H2. The molecule has 2 rings (SSSR count). The zero-order valence-corrected chi connectivity index (χ0v) is 7.27. The zero-order valence-electron chi connectivity index (χ0n) is 7.27. The van der Waals surface area contributed by atoms with Gasteiger partial charge in [0.2, 0.25) is 0 Å². The Bertz CT molecular complexity index is 361. The van der Waals surface area contributed by atoms with Gasteiger partial charge in [0.25, 0.3) is 0 Å². The maximum Gasteiger partial charge on any atom is 0.134 e. The minimum Gasteiger partial charge on any atom is -0.351 e. The van der Waals surface area contributed by atoms with Crippen LogP contribution in [0.3, 0.4) is 0 Å². The second-order valence-electron chi connectivity index (χ2n) is 3.11. The molecule has 1 aromatic carbocycles. The van der Waals surface area contributed by atoms with Crippen LogP contribution in [0.25, 0.3) is 5.70 Å². The van der Waals surface area contributed by atoms with Gasteiger partial charge in [0.1, 0.15) is 6.04 Å². The van der Waals surface area contributed by atoms with Crippen molar-refractivity contribution in [2.45, 2.75) is 6.04 Å². The van der Waals surface area contributed by atoms with Crippen LogP contribution in [0.2, 0.25) is 0 Å². The molecule has 13 heavy (non-hydrogen) atoms. The van der Waals surface area contributed by atoms with E-state index in [1.807, 2.05) is 35.2 Å². The molecule has 0 aliphatic carbocycles. The van der Waals surface area contributed by atoms with Crippen molar-refractivity contribution in [3.05, 3.63) is 42.5 Å². The topological polar surface area (TPSA) is 26.8 Å². The van der Waals surface area contributed by atoms with E-state index in [0.29, 0.717) is 0 Å². The molecule has 0 aromatic heterocycles. The lowest BCUT2D eigenvalue weighted by atomic mass is 10.2. The zero-order chi connectivity index (χ0) is 9.26. The first-order chi connectivity index (χ1) is 6.33. The largest absolute Gasteiger partial charge is 0.351 e. The quantitative estimate of drug-likeness (QED) is 0.633. The highest BCUT2D eigenvalue weighted by Crippen LogP contribution is 2.28. The van der Waals surface area contributed by atoms with Crippen LogP contribution in [0.1, 0.15) is 5.56 Å². The molecule has 2 heteroatoms. The number of rotatable bonds is 2. The molecule has 1 heterocycles. The second kappa shape index (κ2) is 2.95. The van der Waals surface area contributed by atoms with E-state index in [1.165, 1.54) is 0 Å². The third-order valence-corrected chi connectivity index (χ3v) is 2.22. The van der Waals surface area contributed by atoms with Gasteiger partial charge >= 0.3 is 0 Å². The number of hydrogen-bond donors (Lipinski definition) is 0. The molecule has 0 amide bonds. The van der Waals surface area contributed by atoms with Crippen molar-refractivity contribution in [2.75, 3.05) is 6.54 Å². The molecule has 0 bridgehead atoms. The van der Waals surface area contributed by atoms with Crippen LogP contribution in [0.5, 0.6) is 0 Å². The summed E-state index contributed by atoms with van der Waals surface area (Å²) in [7, 11) is 0. The molecule has 1 aliphatic heterocycles. The van der Waals surface area contributed by atoms with Crippen molar-refractivity contribution in [1.82, 2.24) is 4.90 Å². The number of benzene rings is 1. The van der Waals surface area contributed by atoms with E-state index in [4.69, 9.17) is 5.26 Å². The van der Waals surface area contributed by atoms with E-state index in [0.717, 1.165) is 17.8 Å². The Hall–Kier alpha value is -1.75. The lowest BCUT2D eigenvalue weighted by molar-refractivity contribution is 0.767. The monoisotopic (exact) mass is 170 g/mol. The van der Waals surface area contributed by atoms with Gasteiger partial charge in [-0.05, 0) is 5.56 Å². The number of hydrogen-bond acceptors (Lipinski definition) is 2. The fraction of sp³-hybridized carbons (Fsp3) is 0.182. The van der Waals surface area contributed by atoms with E-state index in [1.54, 1.807) is 0 Å². The van der Waals surface area contributed by atoms with E-state index in [2.05, 4.69) is 12.6 Å². The van der Waals surface area contributed by atoms with Gasteiger partial charge in [0, 0.05) is 5.70 Å². The van der Waals surface area contributed by atoms with Crippen LogP contribution in [-0.4, -0.2) is 17.5 Å². The molecule has 1 unspecified atom stereocenters. The first-order valence-corrected chi connectivity index (χ1v) is 4.23. The third kappa shape index (κ3) is 1.41. The van der Waals surface area contributed by atoms with Gasteiger partial charge < -0.3 is 4.90 Å². The van der Waals surface area contributed by atoms with Gasteiger partial charge in [-0.2, -0.15) is 5.26 Å². The highest BCUT2D eigenvalue weighted by Gasteiger charge is 2.35. The van der Waals surface area contributed by atoms with Gasteiger partial charge in [0.15, 0.2) is 0 Å². The summed E-state index contributed by atoms with van der Waals surface area (Å²) in [5.41, 5.74) is 2.05. The lowest BCUT2D eigenvalue weighted by Crippen LogP contribution is -1.97. The maximum atomic E-state index is 8.64. The maximum absolute atomic E-state index is 8.64. The highest BCUT2D eigenvalue weighted by molar-refractivity contribution is 5.64. The molecule has 64 valence electrons. The molecule has 0 radical (unpaired) electrons. The van der Waals surface area contributed by atoms with Crippen LogP contribution in [0.4, 0.5) is 0 Å². The van der Waals surface area contributed by atoms with Crippen LogP contribution in [-0.2, 0) is 0 Å². The summed E-state index contributed by atoms with van der Waals surface area (Å²) in [6.45, 7) is 4.78. The minimum absolute atomic E-state index is 0.0488. The van der Waals surface area contributed by atoms with Gasteiger partial charge in [-0.1, -0.05) is 36.9 Å². The fourth-order valence-electron chi connectivity index (χ4n) is 1.34. The summed E-state index contributed by atoms with van der Waals surface area (Å²) >= 11 is 0. The van der Waals surface area contributed by atoms with E-state index in [-0.39, 0.29) is 6.04 Å². The molecule has 0 saturated carbocycles. The Morgan fingerprint density at radius 3 is 2.69 bits per heavy atom. The van der Waals surface area contributed by atoms with Crippen LogP contribution >= 0.6 is 0 Å². The summed E-state index contributed by atoms with van der Waals surface area (Å²) in [6.07, 6.45) is 0. The number of nitrogens with zero attached hydrogens (tertiary/aromatic N) is 2. The molecule has 2 nitrogen and oxygen atoms in total. The first-order valence-electron chi connectivity index (χ1n) is 4.23. The normalized spacial score (nSPS) is 19.3. The number of nitriles is 1. The van der Waals surface area contributed by atoms with Gasteiger partial charge in [-0.25, -0.2) is 0 Å². The molecule has 1 aromatic rings. The minimum atomic E-state index is 0.0488. The van der Waals surface area contributed by atoms with Crippen LogP contribution in [0.15, 0.2) is 36.9 Å². The summed E-state index contributed by atoms with van der Waals surface area (Å²) in [6, 6.07) is 12.2. The predicted octanol–water partition coefficient (Wildman–Crippen LogP) is 1.87. The molecule has 1 fully saturated rings. The van der Waals surface area contributed by atoms with E-state index < -0.39 is 0 Å². The highest BCUT2D eigenvalue weighted by atomic mass is 15.3. The van der Waals surface area contributed by atoms with E-state index in [9.17, 15) is 0 Å². The average molecular weight is 170 g/mol. The molecular weight excluding hydrogens is 160 g/mol.